The number of hydrogen-bond donors (Lipinski definition) is 2. The van der Waals surface area contributed by atoms with Crippen LogP contribution < -0.4 is 10.6 Å². The predicted molar refractivity (Wildman–Crippen MR) is 97.8 cm³/mol. The first kappa shape index (κ1) is 17.6. The number of halogens is 2. The predicted octanol–water partition coefficient (Wildman–Crippen LogP) is 4.97. The molecule has 1 heterocycles. The highest BCUT2D eigenvalue weighted by atomic mass is 35.5. The quantitative estimate of drug-likeness (QED) is 0.484. The standard InChI is InChI=1S/C17H13ClFN5O2/c1-10-13(18)3-2-4-14(10)23-17-15(24(25)26)16(20-9-21-17)22-12-7-5-11(19)6-8-12/h2-9H,1H3,(H2,20,21,22,23). The van der Waals surface area contributed by atoms with Gasteiger partial charge in [0.2, 0.25) is 11.6 Å². The van der Waals surface area contributed by atoms with Gasteiger partial charge < -0.3 is 10.6 Å². The topological polar surface area (TPSA) is 93.0 Å². The van der Waals surface area contributed by atoms with Crippen molar-refractivity contribution in [2.24, 2.45) is 0 Å². The molecule has 0 aliphatic heterocycles. The van der Waals surface area contributed by atoms with Gasteiger partial charge in [-0.15, -0.1) is 0 Å². The lowest BCUT2D eigenvalue weighted by molar-refractivity contribution is -0.383. The minimum Gasteiger partial charge on any atom is -0.334 e. The van der Waals surface area contributed by atoms with Crippen molar-refractivity contribution in [1.29, 1.82) is 0 Å². The molecule has 2 aromatic carbocycles. The van der Waals surface area contributed by atoms with Crippen LogP contribution >= 0.6 is 11.6 Å². The first-order valence-corrected chi connectivity index (χ1v) is 7.87. The van der Waals surface area contributed by atoms with E-state index < -0.39 is 10.7 Å². The molecular formula is C17H13ClFN5O2. The average Bonchev–Trinajstić information content (AvgIpc) is 2.61. The van der Waals surface area contributed by atoms with Crippen LogP contribution in [0.5, 0.6) is 0 Å². The van der Waals surface area contributed by atoms with Crippen molar-refractivity contribution in [1.82, 2.24) is 9.97 Å². The fourth-order valence-corrected chi connectivity index (χ4v) is 2.45. The summed E-state index contributed by atoms with van der Waals surface area (Å²) in [6.45, 7) is 1.79. The van der Waals surface area contributed by atoms with Crippen LogP contribution in [0.25, 0.3) is 0 Å². The van der Waals surface area contributed by atoms with Crippen molar-refractivity contribution >= 4 is 40.3 Å². The van der Waals surface area contributed by atoms with E-state index in [0.29, 0.717) is 16.4 Å². The van der Waals surface area contributed by atoms with Gasteiger partial charge in [0.1, 0.15) is 12.1 Å². The van der Waals surface area contributed by atoms with E-state index in [1.165, 1.54) is 30.6 Å². The molecular weight excluding hydrogens is 361 g/mol. The summed E-state index contributed by atoms with van der Waals surface area (Å²) in [4.78, 5) is 18.9. The molecule has 3 aromatic rings. The number of aromatic nitrogens is 2. The zero-order chi connectivity index (χ0) is 18.7. The molecule has 0 saturated carbocycles. The Morgan fingerprint density at radius 3 is 2.38 bits per heavy atom. The molecule has 0 aliphatic rings. The molecule has 0 atom stereocenters. The van der Waals surface area contributed by atoms with Crippen LogP contribution in [-0.2, 0) is 0 Å². The van der Waals surface area contributed by atoms with E-state index in [1.807, 2.05) is 0 Å². The van der Waals surface area contributed by atoms with Gasteiger partial charge in [-0.05, 0) is 48.9 Å². The second-order valence-corrected chi connectivity index (χ2v) is 5.75. The Labute approximate surface area is 153 Å². The van der Waals surface area contributed by atoms with Crippen LogP contribution in [-0.4, -0.2) is 14.9 Å². The summed E-state index contributed by atoms with van der Waals surface area (Å²) in [5.41, 5.74) is 1.44. The maximum Gasteiger partial charge on any atom is 0.353 e. The van der Waals surface area contributed by atoms with E-state index >= 15 is 0 Å². The Balaban J connectivity index is 1.99. The van der Waals surface area contributed by atoms with Crippen molar-refractivity contribution in [3.8, 4) is 0 Å². The van der Waals surface area contributed by atoms with E-state index in [1.54, 1.807) is 25.1 Å². The van der Waals surface area contributed by atoms with Crippen LogP contribution in [0.15, 0.2) is 48.8 Å². The van der Waals surface area contributed by atoms with E-state index in [9.17, 15) is 14.5 Å². The first-order chi connectivity index (χ1) is 12.5. The number of nitrogens with zero attached hydrogens (tertiary/aromatic N) is 3. The Kier molecular flexibility index (Phi) is 4.94. The third kappa shape index (κ3) is 3.70. The maximum atomic E-state index is 13.0. The lowest BCUT2D eigenvalue weighted by Gasteiger charge is -2.12. The van der Waals surface area contributed by atoms with Gasteiger partial charge in [0.15, 0.2) is 0 Å². The molecule has 3 rings (SSSR count). The van der Waals surface area contributed by atoms with E-state index in [4.69, 9.17) is 11.6 Å². The Hall–Kier alpha value is -3.26. The molecule has 132 valence electrons. The normalized spacial score (nSPS) is 10.4. The van der Waals surface area contributed by atoms with Crippen LogP contribution in [0.1, 0.15) is 5.56 Å². The number of benzene rings is 2. The molecule has 0 amide bonds. The third-order valence-electron chi connectivity index (χ3n) is 3.63. The second-order valence-electron chi connectivity index (χ2n) is 5.35. The van der Waals surface area contributed by atoms with Gasteiger partial charge >= 0.3 is 5.69 Å². The molecule has 26 heavy (non-hydrogen) atoms. The summed E-state index contributed by atoms with van der Waals surface area (Å²) in [7, 11) is 0. The first-order valence-electron chi connectivity index (χ1n) is 7.50. The zero-order valence-electron chi connectivity index (χ0n) is 13.5. The van der Waals surface area contributed by atoms with Gasteiger partial charge in [0.25, 0.3) is 0 Å². The van der Waals surface area contributed by atoms with Crippen molar-refractivity contribution in [3.63, 3.8) is 0 Å². The summed E-state index contributed by atoms with van der Waals surface area (Å²) < 4.78 is 13.0. The SMILES string of the molecule is Cc1c(Cl)cccc1Nc1ncnc(Nc2ccc(F)cc2)c1[N+](=O)[O-]. The smallest absolute Gasteiger partial charge is 0.334 e. The maximum absolute atomic E-state index is 13.0. The van der Waals surface area contributed by atoms with Gasteiger partial charge in [-0.3, -0.25) is 10.1 Å². The molecule has 9 heteroatoms. The van der Waals surface area contributed by atoms with Crippen LogP contribution in [0, 0.1) is 22.9 Å². The minimum absolute atomic E-state index is 0.0139. The molecule has 0 unspecified atom stereocenters. The Morgan fingerprint density at radius 2 is 1.73 bits per heavy atom. The highest BCUT2D eigenvalue weighted by Gasteiger charge is 2.23. The zero-order valence-corrected chi connectivity index (χ0v) is 14.3. The number of rotatable bonds is 5. The Morgan fingerprint density at radius 1 is 1.08 bits per heavy atom. The van der Waals surface area contributed by atoms with Crippen molar-refractivity contribution < 1.29 is 9.31 Å². The fourth-order valence-electron chi connectivity index (χ4n) is 2.28. The van der Waals surface area contributed by atoms with Crippen LogP contribution in [0.2, 0.25) is 5.02 Å². The van der Waals surface area contributed by atoms with Gasteiger partial charge in [-0.2, -0.15) is 0 Å². The summed E-state index contributed by atoms with van der Waals surface area (Å²) in [6, 6.07) is 10.6. The summed E-state index contributed by atoms with van der Waals surface area (Å²) >= 11 is 6.08. The molecule has 0 aliphatic carbocycles. The van der Waals surface area contributed by atoms with Crippen molar-refractivity contribution in [3.05, 3.63) is 75.3 Å². The third-order valence-corrected chi connectivity index (χ3v) is 4.04. The van der Waals surface area contributed by atoms with Gasteiger partial charge in [-0.25, -0.2) is 14.4 Å². The summed E-state index contributed by atoms with van der Waals surface area (Å²) in [5.74, 6) is -0.412. The molecule has 0 radical (unpaired) electrons. The average molecular weight is 374 g/mol. The van der Waals surface area contributed by atoms with Gasteiger partial charge in [0.05, 0.1) is 4.92 Å². The number of nitro groups is 1. The number of nitrogens with one attached hydrogen (secondary N) is 2. The van der Waals surface area contributed by atoms with Gasteiger partial charge in [0, 0.05) is 16.4 Å². The molecule has 7 nitrogen and oxygen atoms in total. The Bertz CT molecular complexity index is 966. The largest absolute Gasteiger partial charge is 0.353 e. The number of hydrogen-bond acceptors (Lipinski definition) is 6. The molecule has 2 N–H and O–H groups in total. The highest BCUT2D eigenvalue weighted by molar-refractivity contribution is 6.31. The molecule has 0 saturated heterocycles. The highest BCUT2D eigenvalue weighted by Crippen LogP contribution is 2.34. The minimum atomic E-state index is -0.589. The number of anilines is 4. The van der Waals surface area contributed by atoms with E-state index in [-0.39, 0.29) is 17.3 Å². The second kappa shape index (κ2) is 7.32. The lowest BCUT2D eigenvalue weighted by atomic mass is 10.2. The summed E-state index contributed by atoms with van der Waals surface area (Å²) in [5, 5.41) is 17.8. The molecule has 0 spiro atoms. The van der Waals surface area contributed by atoms with Crippen molar-refractivity contribution in [2.45, 2.75) is 6.92 Å². The van der Waals surface area contributed by atoms with E-state index in [2.05, 4.69) is 20.6 Å². The van der Waals surface area contributed by atoms with Crippen LogP contribution in [0.3, 0.4) is 0 Å². The van der Waals surface area contributed by atoms with Crippen molar-refractivity contribution in [2.75, 3.05) is 10.6 Å². The monoisotopic (exact) mass is 373 g/mol. The van der Waals surface area contributed by atoms with Crippen LogP contribution in [0.4, 0.5) is 33.1 Å². The molecule has 0 bridgehead atoms. The van der Waals surface area contributed by atoms with E-state index in [0.717, 1.165) is 5.56 Å². The lowest BCUT2D eigenvalue weighted by Crippen LogP contribution is -2.06. The fraction of sp³-hybridized carbons (Fsp3) is 0.0588. The van der Waals surface area contributed by atoms with Gasteiger partial charge in [-0.1, -0.05) is 17.7 Å². The molecule has 1 aromatic heterocycles. The summed E-state index contributed by atoms with van der Waals surface area (Å²) in [6.07, 6.45) is 1.20. The molecule has 0 fully saturated rings.